The number of fused-ring (bicyclic) bond motifs is 3. The van der Waals surface area contributed by atoms with E-state index in [1.807, 2.05) is 69.3 Å². The summed E-state index contributed by atoms with van der Waals surface area (Å²) >= 11 is 0. The fourth-order valence-electron chi connectivity index (χ4n) is 4.84. The minimum Gasteiger partial charge on any atom is -0.349 e. The first kappa shape index (κ1) is 22.8. The number of amides is 2. The van der Waals surface area contributed by atoms with Crippen molar-refractivity contribution in [1.82, 2.24) is 10.2 Å². The molecule has 4 rings (SSSR count). The highest BCUT2D eigenvalue weighted by Crippen LogP contribution is 2.40. The largest absolute Gasteiger partial charge is 0.349 e. The summed E-state index contributed by atoms with van der Waals surface area (Å²) in [7, 11) is 0. The third kappa shape index (κ3) is 4.43. The maximum Gasteiger partial charge on any atom is 0.255 e. The molecule has 0 fully saturated rings. The smallest absolute Gasteiger partial charge is 0.255 e. The van der Waals surface area contributed by atoms with E-state index in [2.05, 4.69) is 38.2 Å². The molecule has 1 aliphatic heterocycles. The zero-order chi connectivity index (χ0) is 23.9. The average Bonchev–Trinajstić information content (AvgIpc) is 2.83. The predicted molar refractivity (Wildman–Crippen MR) is 133 cm³/mol. The second-order valence-electron chi connectivity index (χ2n) is 10.1. The van der Waals surface area contributed by atoms with E-state index < -0.39 is 11.6 Å². The van der Waals surface area contributed by atoms with Gasteiger partial charge in [0.1, 0.15) is 6.04 Å². The number of hydrogen-bond donors (Lipinski definition) is 1. The Morgan fingerprint density at radius 1 is 0.879 bits per heavy atom. The van der Waals surface area contributed by atoms with Crippen LogP contribution in [-0.2, 0) is 11.3 Å². The van der Waals surface area contributed by atoms with Gasteiger partial charge in [-0.25, -0.2) is 0 Å². The molecule has 1 heterocycles. The Kier molecular flexibility index (Phi) is 5.87. The minimum atomic E-state index is -0.736. The fraction of sp³-hybridized carbons (Fsp3) is 0.310. The van der Waals surface area contributed by atoms with Gasteiger partial charge in [0.05, 0.1) is 0 Å². The van der Waals surface area contributed by atoms with Gasteiger partial charge in [-0.2, -0.15) is 0 Å². The number of rotatable bonds is 3. The molecule has 0 aromatic heterocycles. The maximum atomic E-state index is 14.0. The predicted octanol–water partition coefficient (Wildman–Crippen LogP) is 5.89. The van der Waals surface area contributed by atoms with Crippen molar-refractivity contribution in [3.63, 3.8) is 0 Å². The van der Waals surface area contributed by atoms with Crippen molar-refractivity contribution in [2.24, 2.45) is 0 Å². The number of nitrogens with one attached hydrogen (secondary N) is 1. The number of carbonyl (C=O) groups is 2. The van der Waals surface area contributed by atoms with E-state index in [1.54, 1.807) is 4.90 Å². The monoisotopic (exact) mass is 440 g/mol. The number of hydrogen-bond acceptors (Lipinski definition) is 2. The van der Waals surface area contributed by atoms with Crippen LogP contribution in [0.15, 0.2) is 60.7 Å². The van der Waals surface area contributed by atoms with Gasteiger partial charge in [-0.15, -0.1) is 0 Å². The quantitative estimate of drug-likeness (QED) is 0.552. The van der Waals surface area contributed by atoms with E-state index in [4.69, 9.17) is 0 Å². The topological polar surface area (TPSA) is 49.4 Å². The van der Waals surface area contributed by atoms with Crippen molar-refractivity contribution in [2.75, 3.05) is 0 Å². The number of aryl methyl sites for hydroxylation is 3. The van der Waals surface area contributed by atoms with Crippen LogP contribution in [0.1, 0.15) is 65.0 Å². The highest BCUT2D eigenvalue weighted by Gasteiger charge is 2.38. The van der Waals surface area contributed by atoms with E-state index in [0.717, 1.165) is 33.4 Å². The van der Waals surface area contributed by atoms with E-state index in [9.17, 15) is 9.59 Å². The van der Waals surface area contributed by atoms with Crippen LogP contribution in [-0.4, -0.2) is 22.3 Å². The molecule has 4 heteroatoms. The minimum absolute atomic E-state index is 0.129. The van der Waals surface area contributed by atoms with Gasteiger partial charge in [0, 0.05) is 17.6 Å². The Bertz CT molecular complexity index is 1210. The van der Waals surface area contributed by atoms with Crippen molar-refractivity contribution in [3.05, 3.63) is 94.0 Å². The van der Waals surface area contributed by atoms with E-state index in [1.165, 1.54) is 5.56 Å². The summed E-state index contributed by atoms with van der Waals surface area (Å²) in [4.78, 5) is 29.5. The molecule has 1 aliphatic rings. The molecule has 1 N–H and O–H groups in total. The van der Waals surface area contributed by atoms with Crippen molar-refractivity contribution in [1.29, 1.82) is 0 Å². The lowest BCUT2D eigenvalue weighted by molar-refractivity contribution is -0.127. The van der Waals surface area contributed by atoms with Crippen molar-refractivity contribution >= 4 is 11.8 Å². The molecule has 4 nitrogen and oxygen atoms in total. The van der Waals surface area contributed by atoms with Crippen molar-refractivity contribution in [3.8, 4) is 11.1 Å². The Morgan fingerprint density at radius 2 is 1.42 bits per heavy atom. The van der Waals surface area contributed by atoms with Gasteiger partial charge < -0.3 is 10.2 Å². The van der Waals surface area contributed by atoms with Crippen LogP contribution < -0.4 is 5.32 Å². The van der Waals surface area contributed by atoms with Crippen LogP contribution in [0.5, 0.6) is 0 Å². The average molecular weight is 441 g/mol. The van der Waals surface area contributed by atoms with Gasteiger partial charge in [0.25, 0.3) is 5.91 Å². The normalized spacial score (nSPS) is 15.5. The molecule has 170 valence electrons. The van der Waals surface area contributed by atoms with Crippen LogP contribution in [0.2, 0.25) is 0 Å². The first-order chi connectivity index (χ1) is 15.6. The van der Waals surface area contributed by atoms with Gasteiger partial charge in [-0.3, -0.25) is 9.59 Å². The fourth-order valence-corrected chi connectivity index (χ4v) is 4.84. The third-order valence-electron chi connectivity index (χ3n) is 6.19. The second-order valence-corrected chi connectivity index (χ2v) is 10.1. The van der Waals surface area contributed by atoms with Crippen LogP contribution in [0.3, 0.4) is 0 Å². The summed E-state index contributed by atoms with van der Waals surface area (Å²) in [5, 5.41) is 3.13. The summed E-state index contributed by atoms with van der Waals surface area (Å²) in [6, 6.07) is 19.1. The lowest BCUT2D eigenvalue weighted by Gasteiger charge is -2.34. The highest BCUT2D eigenvalue weighted by atomic mass is 16.2. The lowest BCUT2D eigenvalue weighted by Crippen LogP contribution is -2.48. The molecule has 1 atom stereocenters. The molecule has 0 radical (unpaired) electrons. The molecule has 0 bridgehead atoms. The van der Waals surface area contributed by atoms with E-state index in [0.29, 0.717) is 12.1 Å². The Morgan fingerprint density at radius 3 is 2.03 bits per heavy atom. The van der Waals surface area contributed by atoms with Crippen LogP contribution >= 0.6 is 0 Å². The van der Waals surface area contributed by atoms with Gasteiger partial charge in [0.15, 0.2) is 0 Å². The molecule has 33 heavy (non-hydrogen) atoms. The van der Waals surface area contributed by atoms with E-state index >= 15 is 0 Å². The molecule has 3 aromatic carbocycles. The molecular formula is C29H32N2O2. The number of nitrogens with zero attached hydrogens (tertiary/aromatic N) is 1. The highest BCUT2D eigenvalue weighted by molar-refractivity contribution is 6.06. The molecule has 0 spiro atoms. The van der Waals surface area contributed by atoms with Crippen molar-refractivity contribution < 1.29 is 9.59 Å². The summed E-state index contributed by atoms with van der Waals surface area (Å²) in [6.45, 7) is 12.5. The number of benzene rings is 3. The SMILES string of the molecule is Cc1cc(C)c(CN2C(=O)c3ccccc3-c3ccccc3C2C(=O)NC(C)(C)C)c(C)c1. The lowest BCUT2D eigenvalue weighted by atomic mass is 9.93. The summed E-state index contributed by atoms with van der Waals surface area (Å²) in [5.74, 6) is -0.297. The Labute approximate surface area is 196 Å². The third-order valence-corrected chi connectivity index (χ3v) is 6.19. The van der Waals surface area contributed by atoms with E-state index in [-0.39, 0.29) is 11.8 Å². The van der Waals surface area contributed by atoms with Crippen LogP contribution in [0, 0.1) is 20.8 Å². The number of carbonyl (C=O) groups excluding carboxylic acids is 2. The van der Waals surface area contributed by atoms with Crippen LogP contribution in [0.4, 0.5) is 0 Å². The summed E-state index contributed by atoms with van der Waals surface area (Å²) in [5.41, 5.74) is 7.37. The second kappa shape index (κ2) is 8.51. The molecule has 3 aromatic rings. The zero-order valence-electron chi connectivity index (χ0n) is 20.3. The zero-order valence-corrected chi connectivity index (χ0v) is 20.3. The molecule has 0 aliphatic carbocycles. The molecule has 1 unspecified atom stereocenters. The van der Waals surface area contributed by atoms with Gasteiger partial charge >= 0.3 is 0 Å². The van der Waals surface area contributed by atoms with Crippen LogP contribution in [0.25, 0.3) is 11.1 Å². The molecular weight excluding hydrogens is 408 g/mol. The van der Waals surface area contributed by atoms with Crippen molar-refractivity contribution in [2.45, 2.75) is 59.7 Å². The van der Waals surface area contributed by atoms with Gasteiger partial charge in [0.2, 0.25) is 5.91 Å². The Balaban J connectivity index is 1.94. The first-order valence-electron chi connectivity index (χ1n) is 11.4. The van der Waals surface area contributed by atoms with Gasteiger partial charge in [-0.05, 0) is 81.0 Å². The summed E-state index contributed by atoms with van der Waals surface area (Å²) < 4.78 is 0. The first-order valence-corrected chi connectivity index (χ1v) is 11.4. The molecule has 0 saturated heterocycles. The Hall–Kier alpha value is -3.40. The molecule has 0 saturated carbocycles. The van der Waals surface area contributed by atoms with Gasteiger partial charge in [-0.1, -0.05) is 60.2 Å². The molecule has 2 amide bonds. The summed E-state index contributed by atoms with van der Waals surface area (Å²) in [6.07, 6.45) is 0. The standard InChI is InChI=1S/C29H32N2O2/c1-18-15-19(2)25(20(3)16-18)17-31-26(27(32)30-29(4,5)6)23-13-9-7-11-21(23)22-12-8-10-14-24(22)28(31)33/h7-16,26H,17H2,1-6H3,(H,30,32). The maximum absolute atomic E-state index is 14.0.